The Balaban J connectivity index is 1.87. The highest BCUT2D eigenvalue weighted by Gasteiger charge is 2.20. The third-order valence-electron chi connectivity index (χ3n) is 4.23. The third-order valence-corrected chi connectivity index (χ3v) is 4.23. The van der Waals surface area contributed by atoms with Gasteiger partial charge in [-0.15, -0.1) is 0 Å². The first-order valence-corrected chi connectivity index (χ1v) is 7.35. The minimum Gasteiger partial charge on any atom is -0.295 e. The second-order valence-corrected chi connectivity index (χ2v) is 5.52. The fourth-order valence-corrected chi connectivity index (χ4v) is 3.13. The molecule has 5 nitrogen and oxygen atoms in total. The average molecular weight is 280 g/mol. The summed E-state index contributed by atoms with van der Waals surface area (Å²) in [4.78, 5) is 17.1. The first-order valence-electron chi connectivity index (χ1n) is 7.35. The highest BCUT2D eigenvalue weighted by atomic mass is 16.1. The third kappa shape index (κ3) is 1.96. The predicted octanol–water partition coefficient (Wildman–Crippen LogP) is 2.70. The van der Waals surface area contributed by atoms with Crippen LogP contribution in [0.2, 0.25) is 0 Å². The fraction of sp³-hybridized carbons (Fsp3) is 0.312. The number of benzene rings is 1. The van der Waals surface area contributed by atoms with Crippen LogP contribution in [0.1, 0.15) is 31.7 Å². The zero-order chi connectivity index (χ0) is 14.2. The molecule has 0 radical (unpaired) electrons. The Hall–Kier alpha value is -2.43. The van der Waals surface area contributed by atoms with E-state index in [9.17, 15) is 4.79 Å². The lowest BCUT2D eigenvalue weighted by atomic mass is 10.2. The SMILES string of the molecule is O=c1c2cnn(-c3ccccc3)c2ncn1C1CCCC1. The topological polar surface area (TPSA) is 52.7 Å². The normalized spacial score (nSPS) is 15.8. The van der Waals surface area contributed by atoms with E-state index in [0.29, 0.717) is 17.1 Å². The van der Waals surface area contributed by atoms with Crippen molar-refractivity contribution in [2.24, 2.45) is 0 Å². The second-order valence-electron chi connectivity index (χ2n) is 5.52. The molecule has 0 N–H and O–H groups in total. The van der Waals surface area contributed by atoms with Crippen LogP contribution in [0.4, 0.5) is 0 Å². The predicted molar refractivity (Wildman–Crippen MR) is 80.6 cm³/mol. The standard InChI is InChI=1S/C16H16N4O/c21-16-14-10-18-20(13-8-2-1-3-9-13)15(14)17-11-19(16)12-6-4-5-7-12/h1-3,8-12H,4-7H2. The van der Waals surface area contributed by atoms with E-state index in [1.807, 2.05) is 30.3 Å². The number of hydrogen-bond donors (Lipinski definition) is 0. The van der Waals surface area contributed by atoms with Crippen molar-refractivity contribution in [1.29, 1.82) is 0 Å². The van der Waals surface area contributed by atoms with Gasteiger partial charge in [0.05, 0.1) is 11.9 Å². The number of aromatic nitrogens is 4. The van der Waals surface area contributed by atoms with Gasteiger partial charge in [-0.25, -0.2) is 9.67 Å². The van der Waals surface area contributed by atoms with Crippen molar-refractivity contribution in [3.8, 4) is 5.69 Å². The summed E-state index contributed by atoms with van der Waals surface area (Å²) < 4.78 is 3.50. The highest BCUT2D eigenvalue weighted by Crippen LogP contribution is 2.28. The summed E-state index contributed by atoms with van der Waals surface area (Å²) in [6, 6.07) is 10.1. The molecule has 2 heterocycles. The van der Waals surface area contributed by atoms with E-state index in [2.05, 4.69) is 10.1 Å². The van der Waals surface area contributed by atoms with Crippen molar-refractivity contribution in [2.75, 3.05) is 0 Å². The maximum atomic E-state index is 12.6. The number of rotatable bonds is 2. The molecule has 0 unspecified atom stereocenters. The van der Waals surface area contributed by atoms with Crippen LogP contribution in [0.5, 0.6) is 0 Å². The zero-order valence-corrected chi connectivity index (χ0v) is 11.6. The Bertz CT molecular complexity index is 828. The molecule has 1 aliphatic carbocycles. The van der Waals surface area contributed by atoms with E-state index in [0.717, 1.165) is 18.5 Å². The van der Waals surface area contributed by atoms with Gasteiger partial charge >= 0.3 is 0 Å². The molecule has 1 fully saturated rings. The van der Waals surface area contributed by atoms with Crippen LogP contribution in [-0.2, 0) is 0 Å². The number of fused-ring (bicyclic) bond motifs is 1. The molecule has 3 aromatic rings. The quantitative estimate of drug-likeness (QED) is 0.725. The molecule has 0 amide bonds. The molecule has 106 valence electrons. The van der Waals surface area contributed by atoms with Gasteiger partial charge in [-0.05, 0) is 25.0 Å². The van der Waals surface area contributed by atoms with Crippen molar-refractivity contribution >= 4 is 11.0 Å². The Kier molecular flexibility index (Phi) is 2.84. The van der Waals surface area contributed by atoms with Gasteiger partial charge < -0.3 is 0 Å². The number of nitrogens with zero attached hydrogens (tertiary/aromatic N) is 4. The molecular formula is C16H16N4O. The monoisotopic (exact) mass is 280 g/mol. The van der Waals surface area contributed by atoms with Crippen molar-refractivity contribution in [2.45, 2.75) is 31.7 Å². The minimum absolute atomic E-state index is 0.0223. The Morgan fingerprint density at radius 2 is 1.86 bits per heavy atom. The van der Waals surface area contributed by atoms with Crippen LogP contribution >= 0.6 is 0 Å². The molecule has 1 aliphatic rings. The lowest BCUT2D eigenvalue weighted by Gasteiger charge is -2.12. The van der Waals surface area contributed by atoms with Crippen LogP contribution in [0.3, 0.4) is 0 Å². The minimum atomic E-state index is 0.0223. The molecule has 1 aromatic carbocycles. The van der Waals surface area contributed by atoms with Gasteiger partial charge in [0.25, 0.3) is 5.56 Å². The van der Waals surface area contributed by atoms with Crippen molar-refractivity contribution in [3.05, 3.63) is 53.2 Å². The first kappa shape index (κ1) is 12.3. The molecule has 1 saturated carbocycles. The summed E-state index contributed by atoms with van der Waals surface area (Å²) in [7, 11) is 0. The van der Waals surface area contributed by atoms with Crippen molar-refractivity contribution in [1.82, 2.24) is 19.3 Å². The van der Waals surface area contributed by atoms with E-state index >= 15 is 0 Å². The van der Waals surface area contributed by atoms with Crippen LogP contribution in [0, 0.1) is 0 Å². The van der Waals surface area contributed by atoms with Gasteiger partial charge in [0.2, 0.25) is 0 Å². The molecule has 2 aromatic heterocycles. The molecule has 0 spiro atoms. The van der Waals surface area contributed by atoms with Gasteiger partial charge in [0, 0.05) is 6.04 Å². The first-order chi connectivity index (χ1) is 10.3. The summed E-state index contributed by atoms with van der Waals surface area (Å²) in [5.74, 6) is 0. The van der Waals surface area contributed by atoms with Crippen molar-refractivity contribution < 1.29 is 0 Å². The van der Waals surface area contributed by atoms with Crippen LogP contribution < -0.4 is 5.56 Å². The molecule has 0 aliphatic heterocycles. The van der Waals surface area contributed by atoms with Gasteiger partial charge in [-0.1, -0.05) is 31.0 Å². The van der Waals surface area contributed by atoms with Gasteiger partial charge in [-0.3, -0.25) is 9.36 Å². The smallest absolute Gasteiger partial charge is 0.264 e. The summed E-state index contributed by atoms with van der Waals surface area (Å²) in [6.07, 6.45) is 7.83. The van der Waals surface area contributed by atoms with E-state index < -0.39 is 0 Å². The molecular weight excluding hydrogens is 264 g/mol. The average Bonchev–Trinajstić information content (AvgIpc) is 3.18. The maximum Gasteiger partial charge on any atom is 0.264 e. The summed E-state index contributed by atoms with van der Waals surface area (Å²) >= 11 is 0. The van der Waals surface area contributed by atoms with Gasteiger partial charge in [-0.2, -0.15) is 5.10 Å². The maximum absolute atomic E-state index is 12.6. The van der Waals surface area contributed by atoms with E-state index in [4.69, 9.17) is 0 Å². The molecule has 0 atom stereocenters. The highest BCUT2D eigenvalue weighted by molar-refractivity contribution is 5.74. The van der Waals surface area contributed by atoms with Crippen LogP contribution in [-0.4, -0.2) is 19.3 Å². The Morgan fingerprint density at radius 3 is 2.62 bits per heavy atom. The zero-order valence-electron chi connectivity index (χ0n) is 11.6. The Morgan fingerprint density at radius 1 is 1.10 bits per heavy atom. The Labute approximate surface area is 121 Å². The molecule has 5 heteroatoms. The van der Waals surface area contributed by atoms with Crippen molar-refractivity contribution in [3.63, 3.8) is 0 Å². The van der Waals surface area contributed by atoms with E-state index in [-0.39, 0.29) is 5.56 Å². The van der Waals surface area contributed by atoms with Crippen LogP contribution in [0.25, 0.3) is 16.7 Å². The van der Waals surface area contributed by atoms with E-state index in [1.165, 1.54) is 12.8 Å². The van der Waals surface area contributed by atoms with Gasteiger partial charge in [0.15, 0.2) is 5.65 Å². The summed E-state index contributed by atoms with van der Waals surface area (Å²) in [6.45, 7) is 0. The largest absolute Gasteiger partial charge is 0.295 e. The molecule has 0 saturated heterocycles. The lowest BCUT2D eigenvalue weighted by molar-refractivity contribution is 0.499. The molecule has 21 heavy (non-hydrogen) atoms. The fourth-order valence-electron chi connectivity index (χ4n) is 3.13. The summed E-state index contributed by atoms with van der Waals surface area (Å²) in [5, 5.41) is 4.93. The molecule has 0 bridgehead atoms. The summed E-state index contributed by atoms with van der Waals surface area (Å²) in [5.41, 5.74) is 1.56. The van der Waals surface area contributed by atoms with Gasteiger partial charge in [0.1, 0.15) is 11.7 Å². The second kappa shape index (κ2) is 4.84. The number of hydrogen-bond acceptors (Lipinski definition) is 3. The molecule has 4 rings (SSSR count). The lowest BCUT2D eigenvalue weighted by Crippen LogP contribution is -2.23. The van der Waals surface area contributed by atoms with Crippen LogP contribution in [0.15, 0.2) is 47.7 Å². The number of para-hydroxylation sites is 1. The van der Waals surface area contributed by atoms with E-state index in [1.54, 1.807) is 21.8 Å².